The molecule has 1 saturated heterocycles. The molecule has 3 rings (SSSR count). The van der Waals surface area contributed by atoms with Crippen molar-refractivity contribution in [3.8, 4) is 0 Å². The minimum Gasteiger partial charge on any atom is -0.388 e. The van der Waals surface area contributed by atoms with Crippen molar-refractivity contribution < 1.29 is 13.2 Å². The van der Waals surface area contributed by atoms with Gasteiger partial charge in [-0.3, -0.25) is 4.98 Å². The van der Waals surface area contributed by atoms with Crippen LogP contribution in [0.2, 0.25) is 0 Å². The molecule has 2 heterocycles. The molecular weight excluding hydrogens is 314 g/mol. The van der Waals surface area contributed by atoms with E-state index >= 15 is 0 Å². The zero-order chi connectivity index (χ0) is 16.4. The van der Waals surface area contributed by atoms with Crippen LogP contribution in [0.5, 0.6) is 0 Å². The van der Waals surface area contributed by atoms with Crippen molar-refractivity contribution in [1.82, 2.24) is 9.29 Å². The molecule has 1 aliphatic heterocycles. The van der Waals surface area contributed by atoms with Crippen LogP contribution in [-0.2, 0) is 14.8 Å². The summed E-state index contributed by atoms with van der Waals surface area (Å²) in [7, 11) is -1.36. The van der Waals surface area contributed by atoms with Crippen molar-refractivity contribution in [2.24, 2.45) is 0 Å². The monoisotopic (exact) mass is 339 g/mol. The number of morpholine rings is 1. The molecule has 6 nitrogen and oxygen atoms in total. The third-order valence-corrected chi connectivity index (χ3v) is 7.07. The van der Waals surface area contributed by atoms with Gasteiger partial charge < -0.3 is 10.1 Å². The predicted octanol–water partition coefficient (Wildman–Crippen LogP) is 2.08. The first-order valence-electron chi connectivity index (χ1n) is 8.27. The van der Waals surface area contributed by atoms with Crippen LogP contribution in [0.25, 0.3) is 0 Å². The van der Waals surface area contributed by atoms with Gasteiger partial charge in [-0.15, -0.1) is 0 Å². The fraction of sp³-hybridized carbons (Fsp3) is 0.688. The van der Waals surface area contributed by atoms with Gasteiger partial charge in [0, 0.05) is 31.5 Å². The molecule has 1 aromatic heterocycles. The Hall–Kier alpha value is -1.18. The van der Waals surface area contributed by atoms with E-state index in [0.29, 0.717) is 19.7 Å². The summed E-state index contributed by atoms with van der Waals surface area (Å²) < 4.78 is 33.0. The van der Waals surface area contributed by atoms with E-state index in [1.165, 1.54) is 0 Å². The van der Waals surface area contributed by atoms with Gasteiger partial charge in [0.2, 0.25) is 10.0 Å². The second kappa shape index (κ2) is 6.75. The maximum absolute atomic E-state index is 12.8. The molecule has 2 aliphatic rings. The molecule has 0 amide bonds. The van der Waals surface area contributed by atoms with Gasteiger partial charge in [-0.1, -0.05) is 12.8 Å². The minimum absolute atomic E-state index is 0.209. The van der Waals surface area contributed by atoms with Crippen LogP contribution in [-0.4, -0.2) is 49.7 Å². The fourth-order valence-corrected chi connectivity index (χ4v) is 5.46. The second-order valence-electron chi connectivity index (χ2n) is 6.34. The molecule has 0 radical (unpaired) electrons. The van der Waals surface area contributed by atoms with Crippen molar-refractivity contribution in [2.45, 2.75) is 44.0 Å². The number of ether oxygens (including phenoxy) is 1. The van der Waals surface area contributed by atoms with Crippen LogP contribution in [0.15, 0.2) is 12.1 Å². The Morgan fingerprint density at radius 3 is 2.74 bits per heavy atom. The molecule has 0 bridgehead atoms. The summed E-state index contributed by atoms with van der Waals surface area (Å²) in [5.41, 5.74) is 2.65. The Balaban J connectivity index is 1.79. The summed E-state index contributed by atoms with van der Waals surface area (Å²) in [6, 6.07) is 3.89. The lowest BCUT2D eigenvalue weighted by Gasteiger charge is -2.33. The Labute approximate surface area is 138 Å². The molecule has 1 unspecified atom stereocenters. The van der Waals surface area contributed by atoms with Crippen molar-refractivity contribution in [1.29, 1.82) is 0 Å². The molecular formula is C16H25N3O3S. The quantitative estimate of drug-likeness (QED) is 0.909. The fourth-order valence-electron chi connectivity index (χ4n) is 3.44. The average Bonchev–Trinajstić information content (AvgIpc) is 3.09. The third-order valence-electron chi connectivity index (χ3n) is 4.70. The molecule has 1 aliphatic carbocycles. The Bertz CT molecular complexity index is 657. The van der Waals surface area contributed by atoms with Gasteiger partial charge in [0.1, 0.15) is 6.10 Å². The Morgan fingerprint density at radius 2 is 2.04 bits per heavy atom. The molecule has 1 saturated carbocycles. The van der Waals surface area contributed by atoms with Gasteiger partial charge in [-0.25, -0.2) is 8.42 Å². The van der Waals surface area contributed by atoms with E-state index < -0.39 is 10.0 Å². The lowest BCUT2D eigenvalue weighted by atomic mass is 10.1. The summed E-state index contributed by atoms with van der Waals surface area (Å²) in [5, 5.41) is 2.90. The van der Waals surface area contributed by atoms with Crippen LogP contribution < -0.4 is 5.32 Å². The molecule has 128 valence electrons. The molecule has 23 heavy (non-hydrogen) atoms. The SMILES string of the molecule is CNc1cc(C)nc(C2CN(S(=O)(=O)C3CCCC3)CCO2)c1. The topological polar surface area (TPSA) is 71.5 Å². The number of pyridine rings is 1. The van der Waals surface area contributed by atoms with Crippen molar-refractivity contribution in [2.75, 3.05) is 32.1 Å². The number of aryl methyl sites for hydroxylation is 1. The van der Waals surface area contributed by atoms with Crippen molar-refractivity contribution in [3.63, 3.8) is 0 Å². The highest BCUT2D eigenvalue weighted by Crippen LogP contribution is 2.31. The van der Waals surface area contributed by atoms with Crippen molar-refractivity contribution in [3.05, 3.63) is 23.5 Å². The van der Waals surface area contributed by atoms with Crippen LogP contribution in [0.1, 0.15) is 43.2 Å². The van der Waals surface area contributed by atoms with Gasteiger partial charge in [0.25, 0.3) is 0 Å². The number of rotatable bonds is 4. The molecule has 7 heteroatoms. The van der Waals surface area contributed by atoms with E-state index in [9.17, 15) is 8.42 Å². The highest BCUT2D eigenvalue weighted by Gasteiger charge is 2.37. The lowest BCUT2D eigenvalue weighted by Crippen LogP contribution is -2.45. The normalized spacial score (nSPS) is 24.0. The summed E-state index contributed by atoms with van der Waals surface area (Å²) in [6.45, 7) is 3.15. The highest BCUT2D eigenvalue weighted by molar-refractivity contribution is 7.89. The Kier molecular flexibility index (Phi) is 4.89. The first kappa shape index (κ1) is 16.7. The van der Waals surface area contributed by atoms with Crippen molar-refractivity contribution >= 4 is 15.7 Å². The minimum atomic E-state index is -3.22. The van der Waals surface area contributed by atoms with Gasteiger partial charge in [0.05, 0.1) is 17.6 Å². The second-order valence-corrected chi connectivity index (χ2v) is 8.55. The number of nitrogens with one attached hydrogen (secondary N) is 1. The number of aromatic nitrogens is 1. The summed E-state index contributed by atoms with van der Waals surface area (Å²) in [6.07, 6.45) is 3.31. The summed E-state index contributed by atoms with van der Waals surface area (Å²) in [4.78, 5) is 4.53. The van der Waals surface area contributed by atoms with Gasteiger partial charge in [-0.05, 0) is 31.9 Å². The number of anilines is 1. The lowest BCUT2D eigenvalue weighted by molar-refractivity contribution is -0.00523. The van der Waals surface area contributed by atoms with Gasteiger partial charge in [0.15, 0.2) is 0 Å². The van der Waals surface area contributed by atoms with E-state index in [0.717, 1.165) is 42.8 Å². The van der Waals surface area contributed by atoms with Crippen LogP contribution in [0.4, 0.5) is 5.69 Å². The smallest absolute Gasteiger partial charge is 0.217 e. The predicted molar refractivity (Wildman–Crippen MR) is 90.0 cm³/mol. The number of nitrogens with zero attached hydrogens (tertiary/aromatic N) is 2. The first-order chi connectivity index (χ1) is 11.0. The summed E-state index contributed by atoms with van der Waals surface area (Å²) >= 11 is 0. The zero-order valence-electron chi connectivity index (χ0n) is 13.8. The third kappa shape index (κ3) is 3.51. The largest absolute Gasteiger partial charge is 0.388 e. The molecule has 0 spiro atoms. The standard InChI is InChI=1S/C16H25N3O3S/c1-12-9-13(17-2)10-15(18-12)16-11-19(7-8-22-16)23(20,21)14-5-3-4-6-14/h9-10,14,16H,3-8,11H2,1-2H3,(H,17,18). The van der Waals surface area contributed by atoms with Gasteiger partial charge in [-0.2, -0.15) is 4.31 Å². The van der Waals surface area contributed by atoms with Gasteiger partial charge >= 0.3 is 0 Å². The molecule has 1 N–H and O–H groups in total. The van der Waals surface area contributed by atoms with Crippen LogP contribution >= 0.6 is 0 Å². The zero-order valence-corrected chi connectivity index (χ0v) is 14.6. The highest BCUT2D eigenvalue weighted by atomic mass is 32.2. The van der Waals surface area contributed by atoms with E-state index in [2.05, 4.69) is 10.3 Å². The Morgan fingerprint density at radius 1 is 1.30 bits per heavy atom. The maximum Gasteiger partial charge on any atom is 0.217 e. The van der Waals surface area contributed by atoms with E-state index in [-0.39, 0.29) is 11.4 Å². The van der Waals surface area contributed by atoms with E-state index in [4.69, 9.17) is 4.74 Å². The number of hydrogen-bond acceptors (Lipinski definition) is 5. The molecule has 1 aromatic rings. The molecule has 1 atom stereocenters. The maximum atomic E-state index is 12.8. The number of sulfonamides is 1. The average molecular weight is 339 g/mol. The molecule has 0 aromatic carbocycles. The first-order valence-corrected chi connectivity index (χ1v) is 9.78. The van der Waals surface area contributed by atoms with Crippen LogP contribution in [0, 0.1) is 6.92 Å². The van der Waals surface area contributed by atoms with E-state index in [1.54, 1.807) is 4.31 Å². The summed E-state index contributed by atoms with van der Waals surface area (Å²) in [5.74, 6) is 0. The van der Waals surface area contributed by atoms with Crippen LogP contribution in [0.3, 0.4) is 0 Å². The van der Waals surface area contributed by atoms with E-state index in [1.807, 2.05) is 26.1 Å². The molecule has 2 fully saturated rings. The number of hydrogen-bond donors (Lipinski definition) is 1.